The van der Waals surface area contributed by atoms with E-state index in [0.717, 1.165) is 122 Å². The third kappa shape index (κ3) is 46.5. The fraction of sp³-hybridized carbons (Fsp3) is 0.545. The summed E-state index contributed by atoms with van der Waals surface area (Å²) in [5, 5.41) is 0. The molecule has 6 nitrogen and oxygen atoms in total. The Morgan fingerprint density at radius 1 is 0.361 bits per heavy atom. The lowest BCUT2D eigenvalue weighted by Gasteiger charge is -2.18. The minimum absolute atomic E-state index is 0.116. The van der Waals surface area contributed by atoms with Crippen molar-refractivity contribution in [2.24, 2.45) is 0 Å². The zero-order valence-electron chi connectivity index (χ0n) is 38.6. The van der Waals surface area contributed by atoms with Gasteiger partial charge in [0.05, 0.1) is 0 Å². The van der Waals surface area contributed by atoms with Gasteiger partial charge in [0.1, 0.15) is 13.2 Å². The van der Waals surface area contributed by atoms with Gasteiger partial charge in [-0.05, 0) is 83.5 Å². The molecule has 0 amide bonds. The molecule has 0 radical (unpaired) electrons. The van der Waals surface area contributed by atoms with Crippen molar-refractivity contribution in [3.05, 3.63) is 134 Å². The molecule has 0 aliphatic carbocycles. The van der Waals surface area contributed by atoms with Gasteiger partial charge in [-0.1, -0.05) is 206 Å². The molecule has 0 aliphatic rings. The lowest BCUT2D eigenvalue weighted by atomic mass is 10.1. The van der Waals surface area contributed by atoms with E-state index in [1.807, 2.05) is 72.9 Å². The van der Waals surface area contributed by atoms with Crippen LogP contribution < -0.4 is 0 Å². The van der Waals surface area contributed by atoms with Crippen molar-refractivity contribution in [3.8, 4) is 0 Å². The van der Waals surface area contributed by atoms with E-state index in [-0.39, 0.29) is 37.5 Å². The Morgan fingerprint density at radius 3 is 1.20 bits per heavy atom. The van der Waals surface area contributed by atoms with Gasteiger partial charge in [0.25, 0.3) is 0 Å². The molecule has 0 aromatic rings. The highest BCUT2D eigenvalue weighted by Crippen LogP contribution is 2.12. The van der Waals surface area contributed by atoms with E-state index in [0.29, 0.717) is 19.3 Å². The molecule has 0 spiro atoms. The zero-order chi connectivity index (χ0) is 44.4. The van der Waals surface area contributed by atoms with Crippen LogP contribution in [0, 0.1) is 0 Å². The monoisotopic (exact) mass is 841 g/mol. The number of unbranched alkanes of at least 4 members (excludes halogenated alkanes) is 14. The van der Waals surface area contributed by atoms with Crippen molar-refractivity contribution in [1.82, 2.24) is 0 Å². The second-order valence-electron chi connectivity index (χ2n) is 15.1. The van der Waals surface area contributed by atoms with Crippen LogP contribution in [0.4, 0.5) is 0 Å². The Labute approximate surface area is 373 Å². The molecule has 61 heavy (non-hydrogen) atoms. The number of carbonyl (C=O) groups is 3. The summed E-state index contributed by atoms with van der Waals surface area (Å²) in [6.45, 7) is 6.19. The van der Waals surface area contributed by atoms with Crippen LogP contribution in [0.25, 0.3) is 0 Å². The van der Waals surface area contributed by atoms with Crippen LogP contribution in [0.5, 0.6) is 0 Å². The SMILES string of the molecule is CC\C=C/C=C\C=C/C=C\CCCCCC(=O)OC(COC(=O)CCCCCCC\C=C/C=C\C=C/C=C\C=C/CCC)COC(=O)CCCCCCC/C=C\C/C=C\CC. The van der Waals surface area contributed by atoms with Gasteiger partial charge in [0.2, 0.25) is 0 Å². The van der Waals surface area contributed by atoms with Gasteiger partial charge >= 0.3 is 17.9 Å². The topological polar surface area (TPSA) is 78.9 Å². The van der Waals surface area contributed by atoms with Crippen molar-refractivity contribution in [3.63, 3.8) is 0 Å². The molecular formula is C55H84O6. The van der Waals surface area contributed by atoms with Crippen molar-refractivity contribution in [1.29, 1.82) is 0 Å². The fourth-order valence-electron chi connectivity index (χ4n) is 5.81. The van der Waals surface area contributed by atoms with Gasteiger partial charge in [0.15, 0.2) is 6.10 Å². The Kier molecular flexibility index (Phi) is 44.7. The average molecular weight is 841 g/mol. The smallest absolute Gasteiger partial charge is 0.306 e. The molecule has 0 aromatic heterocycles. The first kappa shape index (κ1) is 56.5. The van der Waals surface area contributed by atoms with Crippen molar-refractivity contribution in [2.75, 3.05) is 13.2 Å². The summed E-state index contributed by atoms with van der Waals surface area (Å²) >= 11 is 0. The lowest BCUT2D eigenvalue weighted by Crippen LogP contribution is -2.30. The molecule has 0 saturated heterocycles. The maximum atomic E-state index is 12.7. The Morgan fingerprint density at radius 2 is 0.721 bits per heavy atom. The fourth-order valence-corrected chi connectivity index (χ4v) is 5.81. The molecule has 0 bridgehead atoms. The lowest BCUT2D eigenvalue weighted by molar-refractivity contribution is -0.167. The number of esters is 3. The maximum absolute atomic E-state index is 12.7. The Balaban J connectivity index is 4.54. The van der Waals surface area contributed by atoms with E-state index >= 15 is 0 Å². The molecule has 6 heteroatoms. The molecule has 0 aliphatic heterocycles. The second-order valence-corrected chi connectivity index (χ2v) is 15.1. The van der Waals surface area contributed by atoms with Crippen LogP contribution in [0.2, 0.25) is 0 Å². The second kappa shape index (κ2) is 48.2. The molecule has 0 rings (SSSR count). The predicted octanol–water partition coefficient (Wildman–Crippen LogP) is 15.5. The molecular weight excluding hydrogens is 757 g/mol. The van der Waals surface area contributed by atoms with Crippen LogP contribution in [-0.4, -0.2) is 37.2 Å². The molecule has 0 aromatic carbocycles. The number of hydrogen-bond donors (Lipinski definition) is 0. The van der Waals surface area contributed by atoms with Gasteiger partial charge < -0.3 is 14.2 Å². The molecule has 0 heterocycles. The van der Waals surface area contributed by atoms with Gasteiger partial charge in [0, 0.05) is 19.3 Å². The quantitative estimate of drug-likeness (QED) is 0.0201. The van der Waals surface area contributed by atoms with E-state index in [1.54, 1.807) is 0 Å². The van der Waals surface area contributed by atoms with Crippen LogP contribution in [0.1, 0.15) is 175 Å². The average Bonchev–Trinajstić information content (AvgIpc) is 3.26. The summed E-state index contributed by atoms with van der Waals surface area (Å²) in [6, 6.07) is 0. The maximum Gasteiger partial charge on any atom is 0.306 e. The molecule has 1 unspecified atom stereocenters. The number of allylic oxidation sites excluding steroid dienone is 22. The molecule has 1 atom stereocenters. The Bertz CT molecular complexity index is 1380. The van der Waals surface area contributed by atoms with E-state index < -0.39 is 6.10 Å². The van der Waals surface area contributed by atoms with Gasteiger partial charge in [-0.15, -0.1) is 0 Å². The summed E-state index contributed by atoms with van der Waals surface area (Å²) in [5.74, 6) is -1.01. The normalized spacial score (nSPS) is 13.3. The van der Waals surface area contributed by atoms with Crippen molar-refractivity contribution >= 4 is 17.9 Å². The standard InChI is InChI=1S/C55H84O6/c1-4-7-10-13-16-19-22-25-26-27-28-29-31-33-36-39-42-45-48-54(57)60-51-52(50-59-53(56)47-44-41-38-35-32-24-21-18-15-12-9-6-3)61-55(58)49-46-43-40-37-34-30-23-20-17-14-11-8-5-2/h8-14,16-23,25-30,34,52H,4-7,15,24,31-33,35-51H2,1-3H3/b11-8-,12-9-,13-10-,17-14-,19-16-,21-18-,23-20-,25-22-,27-26-,29-28-,34-30-. The van der Waals surface area contributed by atoms with E-state index in [1.165, 1.54) is 6.42 Å². The molecule has 0 fully saturated rings. The summed E-state index contributed by atoms with van der Waals surface area (Å²) in [7, 11) is 0. The summed E-state index contributed by atoms with van der Waals surface area (Å²) in [4.78, 5) is 37.8. The van der Waals surface area contributed by atoms with Gasteiger partial charge in [-0.25, -0.2) is 0 Å². The van der Waals surface area contributed by atoms with E-state index in [9.17, 15) is 14.4 Å². The first-order valence-electron chi connectivity index (χ1n) is 23.8. The summed E-state index contributed by atoms with van der Waals surface area (Å²) in [6.07, 6.45) is 67.1. The largest absolute Gasteiger partial charge is 0.462 e. The predicted molar refractivity (Wildman–Crippen MR) is 260 cm³/mol. The van der Waals surface area contributed by atoms with Crippen molar-refractivity contribution in [2.45, 2.75) is 181 Å². The number of hydrogen-bond acceptors (Lipinski definition) is 6. The van der Waals surface area contributed by atoms with Gasteiger partial charge in [-0.2, -0.15) is 0 Å². The third-order valence-corrected chi connectivity index (χ3v) is 9.32. The van der Waals surface area contributed by atoms with Crippen LogP contribution in [0.3, 0.4) is 0 Å². The number of ether oxygens (including phenoxy) is 3. The van der Waals surface area contributed by atoms with Gasteiger partial charge in [-0.3, -0.25) is 14.4 Å². The van der Waals surface area contributed by atoms with E-state index in [4.69, 9.17) is 14.2 Å². The van der Waals surface area contributed by atoms with Crippen molar-refractivity contribution < 1.29 is 28.6 Å². The summed E-state index contributed by atoms with van der Waals surface area (Å²) in [5.41, 5.74) is 0. The first-order chi connectivity index (χ1) is 30.0. The molecule has 0 saturated carbocycles. The minimum Gasteiger partial charge on any atom is -0.462 e. The molecule has 340 valence electrons. The van der Waals surface area contributed by atoms with E-state index in [2.05, 4.69) is 81.5 Å². The Hall–Kier alpha value is -4.45. The molecule has 0 N–H and O–H groups in total. The van der Waals surface area contributed by atoms with Crippen LogP contribution in [0.15, 0.2) is 134 Å². The third-order valence-electron chi connectivity index (χ3n) is 9.32. The minimum atomic E-state index is -0.819. The highest BCUT2D eigenvalue weighted by atomic mass is 16.6. The zero-order valence-corrected chi connectivity index (χ0v) is 38.6. The number of carbonyl (C=O) groups excluding carboxylic acids is 3. The highest BCUT2D eigenvalue weighted by molar-refractivity contribution is 5.71. The summed E-state index contributed by atoms with van der Waals surface area (Å²) < 4.78 is 16.7. The van der Waals surface area contributed by atoms with Crippen LogP contribution >= 0.6 is 0 Å². The number of rotatable bonds is 40. The highest BCUT2D eigenvalue weighted by Gasteiger charge is 2.19. The van der Waals surface area contributed by atoms with Crippen LogP contribution in [-0.2, 0) is 28.6 Å². The first-order valence-corrected chi connectivity index (χ1v) is 23.8.